The van der Waals surface area contributed by atoms with Gasteiger partial charge in [-0.3, -0.25) is 24.6 Å². The van der Waals surface area contributed by atoms with E-state index in [1.165, 1.54) is 30.3 Å². The number of aromatic nitrogens is 1. The molecule has 34 heavy (non-hydrogen) atoms. The number of furan rings is 1. The summed E-state index contributed by atoms with van der Waals surface area (Å²) in [6, 6.07) is 12.5. The first-order valence-corrected chi connectivity index (χ1v) is 11.1. The van der Waals surface area contributed by atoms with Crippen molar-refractivity contribution in [1.29, 1.82) is 0 Å². The maximum Gasteiger partial charge on any atom is 0.296 e. The van der Waals surface area contributed by atoms with Crippen molar-refractivity contribution in [3.8, 4) is 0 Å². The molecule has 1 N–H and O–H groups in total. The first-order chi connectivity index (χ1) is 16.3. The van der Waals surface area contributed by atoms with Gasteiger partial charge in [-0.05, 0) is 36.8 Å². The van der Waals surface area contributed by atoms with Crippen LogP contribution in [0.5, 0.6) is 0 Å². The summed E-state index contributed by atoms with van der Waals surface area (Å²) in [6.45, 7) is 1.65. The van der Waals surface area contributed by atoms with Crippen LogP contribution in [0.3, 0.4) is 0 Å². The fourth-order valence-electron chi connectivity index (χ4n) is 3.85. The van der Waals surface area contributed by atoms with Gasteiger partial charge in [-0.2, -0.15) is 0 Å². The number of aliphatic hydroxyl groups excluding tert-OH is 1. The lowest BCUT2D eigenvalue weighted by atomic mass is 9.95. The minimum absolute atomic E-state index is 0.0727. The summed E-state index contributed by atoms with van der Waals surface area (Å²) in [5.41, 5.74) is 0.216. The molecule has 0 fully saturated rings. The standard InChI is InChI=1S/C23H14ClN3O6S/c1-11-8-9-15(33-11)20(28)17-19(12-4-2-5-13(10-12)27(31)32)26(22(30)21(17)29)23-25-18-14(24)6-3-7-16(18)34-23/h2-10,19,29H,1H3. The number of carbonyl (C=O) groups excluding carboxylic acids is 2. The van der Waals surface area contributed by atoms with Gasteiger partial charge in [0, 0.05) is 12.1 Å². The lowest BCUT2D eigenvalue weighted by molar-refractivity contribution is -0.384. The van der Waals surface area contributed by atoms with Gasteiger partial charge in [-0.25, -0.2) is 4.98 Å². The number of aliphatic hydroxyl groups is 1. The molecule has 1 aliphatic rings. The van der Waals surface area contributed by atoms with E-state index in [2.05, 4.69) is 4.98 Å². The minimum Gasteiger partial charge on any atom is -0.503 e. The number of aryl methyl sites for hydroxylation is 1. The van der Waals surface area contributed by atoms with Crippen LogP contribution in [0.1, 0.15) is 27.9 Å². The van der Waals surface area contributed by atoms with Gasteiger partial charge in [0.25, 0.3) is 11.6 Å². The number of halogens is 1. The quantitative estimate of drug-likeness (QED) is 0.218. The van der Waals surface area contributed by atoms with Crippen LogP contribution in [-0.4, -0.2) is 26.7 Å². The number of nitro benzene ring substituents is 1. The van der Waals surface area contributed by atoms with Gasteiger partial charge in [0.05, 0.1) is 26.3 Å². The number of nitrogens with zero attached hydrogens (tertiary/aromatic N) is 3. The number of thiazole rings is 1. The Morgan fingerprint density at radius 1 is 1.24 bits per heavy atom. The highest BCUT2D eigenvalue weighted by molar-refractivity contribution is 7.22. The third-order valence-corrected chi connectivity index (χ3v) is 6.70. The molecular weight excluding hydrogens is 482 g/mol. The average molecular weight is 496 g/mol. The number of fused-ring (bicyclic) bond motifs is 1. The van der Waals surface area contributed by atoms with Gasteiger partial charge in [0.15, 0.2) is 16.7 Å². The number of benzene rings is 2. The lowest BCUT2D eigenvalue weighted by Gasteiger charge is -2.24. The van der Waals surface area contributed by atoms with E-state index >= 15 is 0 Å². The van der Waals surface area contributed by atoms with E-state index in [1.807, 2.05) is 0 Å². The fourth-order valence-corrected chi connectivity index (χ4v) is 5.15. The molecule has 170 valence electrons. The lowest BCUT2D eigenvalue weighted by Crippen LogP contribution is -2.31. The largest absolute Gasteiger partial charge is 0.503 e. The van der Waals surface area contributed by atoms with E-state index in [9.17, 15) is 24.8 Å². The predicted molar refractivity (Wildman–Crippen MR) is 125 cm³/mol. The number of hydrogen-bond donors (Lipinski definition) is 1. The molecule has 1 amide bonds. The van der Waals surface area contributed by atoms with E-state index < -0.39 is 28.4 Å². The average Bonchev–Trinajstić information content (AvgIpc) is 3.50. The highest BCUT2D eigenvalue weighted by atomic mass is 35.5. The van der Waals surface area contributed by atoms with Gasteiger partial charge in [0.2, 0.25) is 5.78 Å². The van der Waals surface area contributed by atoms with Crippen molar-refractivity contribution in [3.05, 3.63) is 98.2 Å². The molecular formula is C23H14ClN3O6S. The third-order valence-electron chi connectivity index (χ3n) is 5.38. The molecule has 2 aromatic heterocycles. The summed E-state index contributed by atoms with van der Waals surface area (Å²) in [5.74, 6) is -1.95. The van der Waals surface area contributed by atoms with E-state index in [0.29, 0.717) is 21.0 Å². The van der Waals surface area contributed by atoms with Crippen LogP contribution in [0.2, 0.25) is 5.02 Å². The highest BCUT2D eigenvalue weighted by Gasteiger charge is 2.47. The molecule has 11 heteroatoms. The van der Waals surface area contributed by atoms with E-state index in [1.54, 1.807) is 31.2 Å². The first kappa shape index (κ1) is 21.8. The molecule has 0 aliphatic carbocycles. The summed E-state index contributed by atoms with van der Waals surface area (Å²) in [6.07, 6.45) is 0. The second kappa shape index (κ2) is 8.08. The van der Waals surface area contributed by atoms with Crippen LogP contribution in [0, 0.1) is 17.0 Å². The molecule has 4 aromatic rings. The number of amides is 1. The summed E-state index contributed by atoms with van der Waals surface area (Å²) < 4.78 is 6.12. The molecule has 3 heterocycles. The van der Waals surface area contributed by atoms with Gasteiger partial charge in [0.1, 0.15) is 11.3 Å². The zero-order chi connectivity index (χ0) is 24.1. The Hall–Kier alpha value is -4.02. The van der Waals surface area contributed by atoms with Crippen LogP contribution >= 0.6 is 22.9 Å². The van der Waals surface area contributed by atoms with E-state index in [-0.39, 0.29) is 27.7 Å². The van der Waals surface area contributed by atoms with Gasteiger partial charge >= 0.3 is 0 Å². The number of rotatable bonds is 5. The van der Waals surface area contributed by atoms with Crippen LogP contribution in [0.25, 0.3) is 10.2 Å². The second-order valence-corrected chi connectivity index (χ2v) is 8.93. The normalized spacial score (nSPS) is 16.0. The van der Waals surface area contributed by atoms with Crippen LogP contribution in [-0.2, 0) is 4.79 Å². The number of nitro groups is 1. The molecule has 1 unspecified atom stereocenters. The topological polar surface area (TPSA) is 127 Å². The van der Waals surface area contributed by atoms with Crippen molar-refractivity contribution in [3.63, 3.8) is 0 Å². The minimum atomic E-state index is -1.18. The van der Waals surface area contributed by atoms with Crippen molar-refractivity contribution in [2.24, 2.45) is 0 Å². The maximum absolute atomic E-state index is 13.4. The Labute approximate surface area is 200 Å². The maximum atomic E-state index is 13.4. The zero-order valence-corrected chi connectivity index (χ0v) is 19.0. The van der Waals surface area contributed by atoms with Crippen molar-refractivity contribution < 1.29 is 24.0 Å². The van der Waals surface area contributed by atoms with Gasteiger partial charge < -0.3 is 9.52 Å². The second-order valence-electron chi connectivity index (χ2n) is 7.51. The Kier molecular flexibility index (Phi) is 5.18. The Balaban J connectivity index is 1.71. The van der Waals surface area contributed by atoms with E-state index in [0.717, 1.165) is 16.2 Å². The SMILES string of the molecule is Cc1ccc(C(=O)C2=C(O)C(=O)N(c3nc4c(Cl)cccc4s3)C2c2cccc([N+](=O)[O-])c2)o1. The fraction of sp³-hybridized carbons (Fsp3) is 0.0870. The number of anilines is 1. The van der Waals surface area contributed by atoms with E-state index in [4.69, 9.17) is 16.0 Å². The highest BCUT2D eigenvalue weighted by Crippen LogP contribution is 2.45. The summed E-state index contributed by atoms with van der Waals surface area (Å²) in [5, 5.41) is 22.8. The monoisotopic (exact) mass is 495 g/mol. The van der Waals surface area contributed by atoms with Crippen molar-refractivity contribution >= 4 is 55.7 Å². The van der Waals surface area contributed by atoms with Crippen LogP contribution < -0.4 is 4.90 Å². The van der Waals surface area contributed by atoms with Crippen molar-refractivity contribution in [2.45, 2.75) is 13.0 Å². The molecule has 0 spiro atoms. The molecule has 0 saturated carbocycles. The number of carbonyl (C=O) groups is 2. The number of hydrogen-bond acceptors (Lipinski definition) is 8. The first-order valence-electron chi connectivity index (χ1n) is 9.93. The predicted octanol–water partition coefficient (Wildman–Crippen LogP) is 5.54. The summed E-state index contributed by atoms with van der Waals surface area (Å²) >= 11 is 7.39. The molecule has 1 atom stereocenters. The van der Waals surface area contributed by atoms with Crippen molar-refractivity contribution in [1.82, 2.24) is 4.98 Å². The zero-order valence-electron chi connectivity index (χ0n) is 17.4. The van der Waals surface area contributed by atoms with Gasteiger partial charge in [-0.1, -0.05) is 41.1 Å². The smallest absolute Gasteiger partial charge is 0.296 e. The number of non-ortho nitro benzene ring substituents is 1. The van der Waals surface area contributed by atoms with Crippen molar-refractivity contribution in [2.75, 3.05) is 4.90 Å². The molecule has 0 bridgehead atoms. The van der Waals surface area contributed by atoms with Crippen LogP contribution in [0.15, 0.2) is 70.3 Å². The molecule has 2 aromatic carbocycles. The Bertz CT molecular complexity index is 1540. The third kappa shape index (κ3) is 3.44. The summed E-state index contributed by atoms with van der Waals surface area (Å²) in [4.78, 5) is 43.1. The molecule has 0 saturated heterocycles. The van der Waals surface area contributed by atoms with Crippen LogP contribution in [0.4, 0.5) is 10.8 Å². The summed E-state index contributed by atoms with van der Waals surface area (Å²) in [7, 11) is 0. The number of Topliss-reactive ketones (excluding diaryl/α,β-unsaturated/α-hetero) is 1. The Morgan fingerprint density at radius 3 is 2.68 bits per heavy atom. The number of ketones is 1. The molecule has 0 radical (unpaired) electrons. The Morgan fingerprint density at radius 2 is 2.00 bits per heavy atom. The molecule has 5 rings (SSSR count). The number of para-hydroxylation sites is 1. The van der Waals surface area contributed by atoms with Gasteiger partial charge in [-0.15, -0.1) is 0 Å². The molecule has 9 nitrogen and oxygen atoms in total. The molecule has 1 aliphatic heterocycles.